The van der Waals surface area contributed by atoms with Crippen LogP contribution < -0.4 is 14.8 Å². The average Bonchev–Trinajstić information content (AvgIpc) is 3.18. The van der Waals surface area contributed by atoms with Crippen molar-refractivity contribution in [3.05, 3.63) is 53.6 Å². The lowest BCUT2D eigenvalue weighted by molar-refractivity contribution is -0.116. The SMILES string of the molecule is Cc1nnnn1-c1cc(NC(=O)CCC(=O)c2ccc3c(c2)OCCO3)ccc1F. The van der Waals surface area contributed by atoms with E-state index in [0.29, 0.717) is 41.8 Å². The Morgan fingerprint density at radius 1 is 1.10 bits per heavy atom. The zero-order chi connectivity index (χ0) is 21.1. The van der Waals surface area contributed by atoms with Gasteiger partial charge in [-0.3, -0.25) is 9.59 Å². The number of halogens is 1. The molecule has 4 rings (SSSR count). The fourth-order valence-electron chi connectivity index (χ4n) is 3.02. The van der Waals surface area contributed by atoms with Gasteiger partial charge in [-0.25, -0.2) is 4.39 Å². The Morgan fingerprint density at radius 2 is 1.90 bits per heavy atom. The molecule has 0 bridgehead atoms. The smallest absolute Gasteiger partial charge is 0.224 e. The number of hydrogen-bond donors (Lipinski definition) is 1. The minimum atomic E-state index is -0.530. The summed E-state index contributed by atoms with van der Waals surface area (Å²) in [6.07, 6.45) is -0.00444. The first-order chi connectivity index (χ1) is 14.5. The van der Waals surface area contributed by atoms with E-state index in [4.69, 9.17) is 9.47 Å². The third-order valence-corrected chi connectivity index (χ3v) is 4.53. The lowest BCUT2D eigenvalue weighted by Gasteiger charge is -2.18. The monoisotopic (exact) mass is 411 g/mol. The molecule has 2 heterocycles. The quantitative estimate of drug-likeness (QED) is 0.621. The van der Waals surface area contributed by atoms with Crippen LogP contribution in [0, 0.1) is 12.7 Å². The van der Waals surface area contributed by atoms with E-state index in [1.54, 1.807) is 25.1 Å². The van der Waals surface area contributed by atoms with Crippen LogP contribution in [0.4, 0.5) is 10.1 Å². The van der Waals surface area contributed by atoms with Crippen LogP contribution in [0.3, 0.4) is 0 Å². The van der Waals surface area contributed by atoms with Crippen molar-refractivity contribution in [3.8, 4) is 17.2 Å². The van der Waals surface area contributed by atoms with Gasteiger partial charge in [0.05, 0.1) is 0 Å². The summed E-state index contributed by atoms with van der Waals surface area (Å²) in [4.78, 5) is 24.7. The molecule has 9 nitrogen and oxygen atoms in total. The Kier molecular flexibility index (Phi) is 5.38. The normalized spacial score (nSPS) is 12.5. The number of amides is 1. The molecule has 0 aliphatic carbocycles. The van der Waals surface area contributed by atoms with Gasteiger partial charge in [0.1, 0.15) is 24.7 Å². The molecule has 0 radical (unpaired) electrons. The molecule has 30 heavy (non-hydrogen) atoms. The number of carbonyl (C=O) groups excluding carboxylic acids is 2. The molecule has 0 saturated carbocycles. The Bertz CT molecular complexity index is 1110. The minimum Gasteiger partial charge on any atom is -0.486 e. The van der Waals surface area contributed by atoms with Crippen LogP contribution in [-0.4, -0.2) is 45.1 Å². The van der Waals surface area contributed by atoms with Crippen molar-refractivity contribution in [2.75, 3.05) is 18.5 Å². The number of Topliss-reactive ketones (excluding diaryl/α,β-unsaturated/α-hetero) is 1. The van der Waals surface area contributed by atoms with Crippen LogP contribution in [0.25, 0.3) is 5.69 Å². The molecule has 1 N–H and O–H groups in total. The number of nitrogens with zero attached hydrogens (tertiary/aromatic N) is 4. The maximum Gasteiger partial charge on any atom is 0.224 e. The second kappa shape index (κ2) is 8.27. The number of fused-ring (bicyclic) bond motifs is 1. The zero-order valence-corrected chi connectivity index (χ0v) is 16.1. The summed E-state index contributed by atoms with van der Waals surface area (Å²) < 4.78 is 26.3. The van der Waals surface area contributed by atoms with Crippen molar-refractivity contribution in [2.24, 2.45) is 0 Å². The van der Waals surface area contributed by atoms with Crippen molar-refractivity contribution in [2.45, 2.75) is 19.8 Å². The highest BCUT2D eigenvalue weighted by atomic mass is 19.1. The first-order valence-corrected chi connectivity index (χ1v) is 9.29. The predicted octanol–water partition coefficient (Wildman–Crippen LogP) is 2.48. The van der Waals surface area contributed by atoms with E-state index in [-0.39, 0.29) is 30.2 Å². The Morgan fingerprint density at radius 3 is 2.67 bits per heavy atom. The molecule has 0 spiro atoms. The third kappa shape index (κ3) is 4.12. The van der Waals surface area contributed by atoms with Gasteiger partial charge >= 0.3 is 0 Å². The number of aryl methyl sites for hydroxylation is 1. The summed E-state index contributed by atoms with van der Waals surface area (Å²) in [6.45, 7) is 2.53. The second-order valence-corrected chi connectivity index (χ2v) is 6.63. The van der Waals surface area contributed by atoms with Crippen molar-refractivity contribution in [3.63, 3.8) is 0 Å². The molecule has 1 aliphatic rings. The molecule has 0 fully saturated rings. The van der Waals surface area contributed by atoms with Crippen molar-refractivity contribution in [1.82, 2.24) is 20.2 Å². The van der Waals surface area contributed by atoms with E-state index in [9.17, 15) is 14.0 Å². The number of carbonyl (C=O) groups is 2. The van der Waals surface area contributed by atoms with E-state index in [1.165, 1.54) is 22.9 Å². The van der Waals surface area contributed by atoms with Crippen LogP contribution in [0.5, 0.6) is 11.5 Å². The summed E-state index contributed by atoms with van der Waals surface area (Å²) in [5, 5.41) is 13.6. The van der Waals surface area contributed by atoms with Crippen LogP contribution in [-0.2, 0) is 4.79 Å². The molecule has 2 aromatic carbocycles. The topological polar surface area (TPSA) is 108 Å². The maximum absolute atomic E-state index is 14.1. The highest BCUT2D eigenvalue weighted by Crippen LogP contribution is 2.31. The van der Waals surface area contributed by atoms with E-state index >= 15 is 0 Å². The highest BCUT2D eigenvalue weighted by Gasteiger charge is 2.16. The third-order valence-electron chi connectivity index (χ3n) is 4.53. The van der Waals surface area contributed by atoms with E-state index in [0.717, 1.165) is 0 Å². The fourth-order valence-corrected chi connectivity index (χ4v) is 3.02. The Labute approximate surface area is 170 Å². The van der Waals surface area contributed by atoms with E-state index < -0.39 is 5.82 Å². The van der Waals surface area contributed by atoms with Gasteiger partial charge in [0.2, 0.25) is 5.91 Å². The number of ether oxygens (including phenoxy) is 2. The van der Waals surface area contributed by atoms with Gasteiger partial charge in [-0.1, -0.05) is 0 Å². The van der Waals surface area contributed by atoms with Crippen LogP contribution in [0.15, 0.2) is 36.4 Å². The van der Waals surface area contributed by atoms with Gasteiger partial charge in [0.25, 0.3) is 0 Å². The second-order valence-electron chi connectivity index (χ2n) is 6.63. The maximum atomic E-state index is 14.1. The molecule has 0 atom stereocenters. The number of tetrazole rings is 1. The summed E-state index contributed by atoms with van der Waals surface area (Å²) >= 11 is 0. The van der Waals surface area contributed by atoms with E-state index in [1.807, 2.05) is 0 Å². The summed E-state index contributed by atoms with van der Waals surface area (Å²) in [5.41, 5.74) is 0.936. The molecule has 0 unspecified atom stereocenters. The molecule has 10 heteroatoms. The Balaban J connectivity index is 1.38. The number of ketones is 1. The molecule has 154 valence electrons. The molecular formula is C20H18FN5O4. The molecule has 1 aromatic heterocycles. The number of aromatic nitrogens is 4. The summed E-state index contributed by atoms with van der Waals surface area (Å²) in [6, 6.07) is 9.03. The fraction of sp³-hybridized carbons (Fsp3) is 0.250. The minimum absolute atomic E-state index is 0.0195. The molecule has 0 saturated heterocycles. The lowest BCUT2D eigenvalue weighted by Crippen LogP contribution is -2.16. The zero-order valence-electron chi connectivity index (χ0n) is 16.1. The Hall–Kier alpha value is -3.82. The highest BCUT2D eigenvalue weighted by molar-refractivity contribution is 6.00. The van der Waals surface area contributed by atoms with Gasteiger partial charge < -0.3 is 14.8 Å². The van der Waals surface area contributed by atoms with Crippen LogP contribution in [0.2, 0.25) is 0 Å². The number of benzene rings is 2. The average molecular weight is 411 g/mol. The number of nitrogens with one attached hydrogen (secondary N) is 1. The standard InChI is InChI=1S/C20H18FN5O4/c1-12-23-24-25-26(12)16-11-14(3-4-15(16)21)22-20(28)7-5-17(27)13-2-6-18-19(10-13)30-9-8-29-18/h2-4,6,10-11H,5,7-9H2,1H3,(H,22,28). The first kappa shape index (κ1) is 19.5. The largest absolute Gasteiger partial charge is 0.486 e. The van der Waals surface area contributed by atoms with Crippen LogP contribution in [0.1, 0.15) is 29.0 Å². The molecule has 3 aromatic rings. The van der Waals surface area contributed by atoms with Gasteiger partial charge in [-0.05, 0) is 53.7 Å². The molecule has 1 aliphatic heterocycles. The van der Waals surface area contributed by atoms with Gasteiger partial charge in [-0.15, -0.1) is 5.10 Å². The van der Waals surface area contributed by atoms with Crippen molar-refractivity contribution < 1.29 is 23.5 Å². The number of rotatable bonds is 6. The van der Waals surface area contributed by atoms with Crippen LogP contribution >= 0.6 is 0 Å². The first-order valence-electron chi connectivity index (χ1n) is 9.29. The molecular weight excluding hydrogens is 393 g/mol. The van der Waals surface area contributed by atoms with Gasteiger partial charge in [0.15, 0.2) is 23.1 Å². The van der Waals surface area contributed by atoms with Crippen molar-refractivity contribution in [1.29, 1.82) is 0 Å². The van der Waals surface area contributed by atoms with Crippen molar-refractivity contribution >= 4 is 17.4 Å². The summed E-state index contributed by atoms with van der Waals surface area (Å²) in [5.74, 6) is 0.437. The number of anilines is 1. The van der Waals surface area contributed by atoms with Gasteiger partial charge in [-0.2, -0.15) is 4.68 Å². The predicted molar refractivity (Wildman–Crippen MR) is 103 cm³/mol. The van der Waals surface area contributed by atoms with Gasteiger partial charge in [0, 0.05) is 24.1 Å². The van der Waals surface area contributed by atoms with E-state index in [2.05, 4.69) is 20.8 Å². The number of hydrogen-bond acceptors (Lipinski definition) is 7. The molecule has 1 amide bonds. The lowest BCUT2D eigenvalue weighted by atomic mass is 10.1. The summed E-state index contributed by atoms with van der Waals surface area (Å²) in [7, 11) is 0.